The number of rotatable bonds is 4. The van der Waals surface area contributed by atoms with Gasteiger partial charge in [0, 0.05) is 17.5 Å². The fraction of sp³-hybridized carbons (Fsp3) is 0.462. The SMILES string of the molecule is Cc1ccc(C(=O)NC(CCl)C(C)C)cc1. The van der Waals surface area contributed by atoms with Crippen LogP contribution in [0.15, 0.2) is 24.3 Å². The zero-order valence-corrected chi connectivity index (χ0v) is 10.7. The van der Waals surface area contributed by atoms with Crippen LogP contribution in [0.25, 0.3) is 0 Å². The number of hydrogen-bond acceptors (Lipinski definition) is 1. The molecule has 0 aliphatic carbocycles. The minimum atomic E-state index is -0.0562. The van der Waals surface area contributed by atoms with E-state index in [4.69, 9.17) is 11.6 Å². The van der Waals surface area contributed by atoms with Crippen molar-refractivity contribution in [2.75, 3.05) is 5.88 Å². The number of halogens is 1. The molecule has 1 atom stereocenters. The summed E-state index contributed by atoms with van der Waals surface area (Å²) in [5.74, 6) is 0.723. The Morgan fingerprint density at radius 1 is 1.31 bits per heavy atom. The van der Waals surface area contributed by atoms with E-state index in [0.717, 1.165) is 5.56 Å². The lowest BCUT2D eigenvalue weighted by Crippen LogP contribution is -2.39. The molecule has 1 aromatic rings. The molecule has 3 heteroatoms. The Kier molecular flexibility index (Phi) is 4.81. The van der Waals surface area contributed by atoms with E-state index in [-0.39, 0.29) is 11.9 Å². The van der Waals surface area contributed by atoms with E-state index in [1.807, 2.05) is 45.0 Å². The monoisotopic (exact) mass is 239 g/mol. The van der Waals surface area contributed by atoms with Crippen molar-refractivity contribution >= 4 is 17.5 Å². The van der Waals surface area contributed by atoms with Crippen molar-refractivity contribution in [1.29, 1.82) is 0 Å². The van der Waals surface area contributed by atoms with Crippen LogP contribution in [0.1, 0.15) is 29.8 Å². The van der Waals surface area contributed by atoms with Gasteiger partial charge in [-0.05, 0) is 25.0 Å². The van der Waals surface area contributed by atoms with Crippen molar-refractivity contribution in [3.8, 4) is 0 Å². The second-order valence-corrected chi connectivity index (χ2v) is 4.65. The fourth-order valence-electron chi connectivity index (χ4n) is 1.34. The molecule has 1 aromatic carbocycles. The zero-order valence-electron chi connectivity index (χ0n) is 9.96. The maximum absolute atomic E-state index is 11.9. The van der Waals surface area contributed by atoms with Crippen LogP contribution in [0, 0.1) is 12.8 Å². The molecule has 0 aliphatic rings. The fourth-order valence-corrected chi connectivity index (χ4v) is 1.77. The van der Waals surface area contributed by atoms with Gasteiger partial charge in [0.15, 0.2) is 0 Å². The summed E-state index contributed by atoms with van der Waals surface area (Å²) < 4.78 is 0. The summed E-state index contributed by atoms with van der Waals surface area (Å²) in [5, 5.41) is 2.93. The van der Waals surface area contributed by atoms with Crippen molar-refractivity contribution < 1.29 is 4.79 Å². The number of aryl methyl sites for hydroxylation is 1. The molecule has 0 saturated carbocycles. The Morgan fingerprint density at radius 2 is 1.88 bits per heavy atom. The van der Waals surface area contributed by atoms with Crippen LogP contribution < -0.4 is 5.32 Å². The Morgan fingerprint density at radius 3 is 2.31 bits per heavy atom. The Labute approximate surface area is 102 Å². The summed E-state index contributed by atoms with van der Waals surface area (Å²) in [6.45, 7) is 6.09. The first-order valence-electron chi connectivity index (χ1n) is 5.48. The lowest BCUT2D eigenvalue weighted by molar-refractivity contribution is 0.0931. The van der Waals surface area contributed by atoms with E-state index in [9.17, 15) is 4.79 Å². The van der Waals surface area contributed by atoms with Crippen LogP contribution in [0.3, 0.4) is 0 Å². The number of carbonyl (C=O) groups is 1. The number of benzene rings is 1. The largest absolute Gasteiger partial charge is 0.348 e. The molecule has 1 rings (SSSR count). The smallest absolute Gasteiger partial charge is 0.251 e. The lowest BCUT2D eigenvalue weighted by Gasteiger charge is -2.19. The summed E-state index contributed by atoms with van der Waals surface area (Å²) >= 11 is 5.80. The molecule has 2 nitrogen and oxygen atoms in total. The topological polar surface area (TPSA) is 29.1 Å². The van der Waals surface area contributed by atoms with Crippen molar-refractivity contribution in [1.82, 2.24) is 5.32 Å². The molecular weight excluding hydrogens is 222 g/mol. The highest BCUT2D eigenvalue weighted by Gasteiger charge is 2.15. The minimum Gasteiger partial charge on any atom is -0.348 e. The molecule has 1 amide bonds. The summed E-state index contributed by atoms with van der Waals surface area (Å²) in [5.41, 5.74) is 1.83. The van der Waals surface area contributed by atoms with Crippen molar-refractivity contribution in [2.24, 2.45) is 5.92 Å². The van der Waals surface area contributed by atoms with Gasteiger partial charge in [-0.25, -0.2) is 0 Å². The van der Waals surface area contributed by atoms with E-state index in [0.29, 0.717) is 17.4 Å². The normalized spacial score (nSPS) is 12.6. The molecule has 0 fully saturated rings. The van der Waals surface area contributed by atoms with E-state index in [2.05, 4.69) is 5.32 Å². The molecule has 1 N–H and O–H groups in total. The third-order valence-electron chi connectivity index (χ3n) is 2.60. The standard InChI is InChI=1S/C13H18ClNO/c1-9(2)12(8-14)15-13(16)11-6-4-10(3)5-7-11/h4-7,9,12H,8H2,1-3H3,(H,15,16). The van der Waals surface area contributed by atoms with E-state index in [1.165, 1.54) is 0 Å². The van der Waals surface area contributed by atoms with Crippen molar-refractivity contribution in [2.45, 2.75) is 26.8 Å². The second-order valence-electron chi connectivity index (χ2n) is 4.34. The maximum Gasteiger partial charge on any atom is 0.251 e. The Bertz CT molecular complexity index is 345. The minimum absolute atomic E-state index is 0.0236. The predicted molar refractivity (Wildman–Crippen MR) is 68.0 cm³/mol. The lowest BCUT2D eigenvalue weighted by atomic mass is 10.1. The first kappa shape index (κ1) is 13.0. The van der Waals surface area contributed by atoms with E-state index >= 15 is 0 Å². The molecule has 0 heterocycles. The number of alkyl halides is 1. The van der Waals surface area contributed by atoms with Crippen LogP contribution in [-0.2, 0) is 0 Å². The van der Waals surface area contributed by atoms with Gasteiger partial charge in [0.25, 0.3) is 5.91 Å². The number of hydrogen-bond donors (Lipinski definition) is 1. The Balaban J connectivity index is 2.68. The van der Waals surface area contributed by atoms with Crippen molar-refractivity contribution in [3.05, 3.63) is 35.4 Å². The first-order valence-corrected chi connectivity index (χ1v) is 6.01. The molecule has 0 saturated heterocycles. The van der Waals surface area contributed by atoms with Crippen LogP contribution in [0.2, 0.25) is 0 Å². The van der Waals surface area contributed by atoms with Gasteiger partial charge in [0.1, 0.15) is 0 Å². The molecule has 0 spiro atoms. The van der Waals surface area contributed by atoms with Gasteiger partial charge in [-0.15, -0.1) is 11.6 Å². The quantitative estimate of drug-likeness (QED) is 0.805. The van der Waals surface area contributed by atoms with Gasteiger partial charge < -0.3 is 5.32 Å². The summed E-state index contributed by atoms with van der Waals surface area (Å²) in [6, 6.07) is 7.54. The van der Waals surface area contributed by atoms with Gasteiger partial charge in [-0.1, -0.05) is 31.5 Å². The predicted octanol–water partition coefficient (Wildman–Crippen LogP) is 2.99. The molecule has 88 valence electrons. The van der Waals surface area contributed by atoms with Gasteiger partial charge in [0.05, 0.1) is 0 Å². The second kappa shape index (κ2) is 5.90. The van der Waals surface area contributed by atoms with Gasteiger partial charge in [-0.3, -0.25) is 4.79 Å². The third kappa shape index (κ3) is 3.53. The first-order chi connectivity index (χ1) is 7.54. The summed E-state index contributed by atoms with van der Waals surface area (Å²) in [6.07, 6.45) is 0. The zero-order chi connectivity index (χ0) is 12.1. The van der Waals surface area contributed by atoms with Gasteiger partial charge in [-0.2, -0.15) is 0 Å². The molecular formula is C13H18ClNO. The molecule has 0 aromatic heterocycles. The maximum atomic E-state index is 11.9. The molecule has 16 heavy (non-hydrogen) atoms. The Hall–Kier alpha value is -1.02. The average Bonchev–Trinajstić information content (AvgIpc) is 2.26. The summed E-state index contributed by atoms with van der Waals surface area (Å²) in [4.78, 5) is 11.9. The number of nitrogens with one attached hydrogen (secondary N) is 1. The van der Waals surface area contributed by atoms with Crippen LogP contribution in [0.4, 0.5) is 0 Å². The number of amides is 1. The van der Waals surface area contributed by atoms with Gasteiger partial charge in [0.2, 0.25) is 0 Å². The third-order valence-corrected chi connectivity index (χ3v) is 2.93. The highest BCUT2D eigenvalue weighted by molar-refractivity contribution is 6.18. The van der Waals surface area contributed by atoms with Crippen LogP contribution in [-0.4, -0.2) is 17.8 Å². The molecule has 0 bridgehead atoms. The van der Waals surface area contributed by atoms with Crippen molar-refractivity contribution in [3.63, 3.8) is 0 Å². The highest BCUT2D eigenvalue weighted by atomic mass is 35.5. The van der Waals surface area contributed by atoms with Gasteiger partial charge >= 0.3 is 0 Å². The van der Waals surface area contributed by atoms with E-state index in [1.54, 1.807) is 0 Å². The van der Waals surface area contributed by atoms with Crippen LogP contribution in [0.5, 0.6) is 0 Å². The average molecular weight is 240 g/mol. The summed E-state index contributed by atoms with van der Waals surface area (Å²) in [7, 11) is 0. The molecule has 1 unspecified atom stereocenters. The number of carbonyl (C=O) groups excluding carboxylic acids is 1. The highest BCUT2D eigenvalue weighted by Crippen LogP contribution is 2.07. The van der Waals surface area contributed by atoms with E-state index < -0.39 is 0 Å². The molecule has 0 radical (unpaired) electrons. The molecule has 0 aliphatic heterocycles. The van der Waals surface area contributed by atoms with Crippen LogP contribution >= 0.6 is 11.6 Å².